The minimum Gasteiger partial charge on any atom is -0.480 e. The maximum atomic E-state index is 12.0. The van der Waals surface area contributed by atoms with Crippen molar-refractivity contribution in [1.82, 2.24) is 5.32 Å². The van der Waals surface area contributed by atoms with Crippen LogP contribution in [-0.4, -0.2) is 28.8 Å². The molecule has 0 saturated heterocycles. The van der Waals surface area contributed by atoms with Crippen molar-refractivity contribution in [3.05, 3.63) is 22.4 Å². The smallest absolute Gasteiger partial charge is 0.319 e. The van der Waals surface area contributed by atoms with E-state index < -0.39 is 17.0 Å². The summed E-state index contributed by atoms with van der Waals surface area (Å²) in [6, 6.07) is 0. The molecular formula is C16H27NO3. The van der Waals surface area contributed by atoms with Gasteiger partial charge in [-0.2, -0.15) is 0 Å². The summed E-state index contributed by atoms with van der Waals surface area (Å²) in [7, 11) is 1.74. The van der Waals surface area contributed by atoms with E-state index in [1.54, 1.807) is 7.05 Å². The van der Waals surface area contributed by atoms with Crippen molar-refractivity contribution in [3.8, 4) is 0 Å². The molecule has 1 rings (SSSR count). The number of carboxylic acid groups (broad SMARTS) is 1. The Hall–Kier alpha value is -1.29. The monoisotopic (exact) mass is 281 g/mol. The van der Waals surface area contributed by atoms with Gasteiger partial charge in [-0.15, -0.1) is 0 Å². The van der Waals surface area contributed by atoms with Gasteiger partial charge in [-0.05, 0) is 49.8 Å². The van der Waals surface area contributed by atoms with Crippen molar-refractivity contribution in [1.29, 1.82) is 0 Å². The largest absolute Gasteiger partial charge is 0.480 e. The summed E-state index contributed by atoms with van der Waals surface area (Å²) in [4.78, 5) is 12.0. The van der Waals surface area contributed by atoms with Gasteiger partial charge in [0.15, 0.2) is 0 Å². The van der Waals surface area contributed by atoms with Crippen LogP contribution in [0.4, 0.5) is 0 Å². The average molecular weight is 281 g/mol. The Balaban J connectivity index is 3.80. The highest BCUT2D eigenvalue weighted by Gasteiger charge is 2.52. The van der Waals surface area contributed by atoms with E-state index in [-0.39, 0.29) is 0 Å². The summed E-state index contributed by atoms with van der Waals surface area (Å²) in [5, 5.41) is 24.0. The lowest BCUT2D eigenvalue weighted by Gasteiger charge is -2.46. The van der Waals surface area contributed by atoms with Gasteiger partial charge in [0.1, 0.15) is 11.0 Å². The molecule has 2 unspecified atom stereocenters. The van der Waals surface area contributed by atoms with Crippen LogP contribution >= 0.6 is 0 Å². The first-order chi connectivity index (χ1) is 9.27. The number of rotatable bonds is 5. The second-order valence-electron chi connectivity index (χ2n) is 5.48. The van der Waals surface area contributed by atoms with Crippen LogP contribution in [0.25, 0.3) is 0 Å². The lowest BCUT2D eigenvalue weighted by Crippen LogP contribution is -2.49. The summed E-state index contributed by atoms with van der Waals surface area (Å²) >= 11 is 0. The van der Waals surface area contributed by atoms with Crippen LogP contribution in [0.2, 0.25) is 0 Å². The third kappa shape index (κ3) is 1.89. The molecule has 1 aliphatic rings. The SMILES string of the molecule is CCC1=C(NC)C(CC)(C(=O)O)C(C)=C(C)C1(O)CC. The van der Waals surface area contributed by atoms with E-state index in [4.69, 9.17) is 0 Å². The van der Waals surface area contributed by atoms with E-state index in [2.05, 4.69) is 5.32 Å². The summed E-state index contributed by atoms with van der Waals surface area (Å²) in [5.41, 5.74) is 0.896. The Morgan fingerprint density at radius 2 is 1.70 bits per heavy atom. The summed E-state index contributed by atoms with van der Waals surface area (Å²) < 4.78 is 0. The van der Waals surface area contributed by atoms with Gasteiger partial charge in [-0.3, -0.25) is 4.79 Å². The first kappa shape index (κ1) is 16.8. The third-order valence-corrected chi connectivity index (χ3v) is 5.06. The van der Waals surface area contributed by atoms with Gasteiger partial charge in [0.25, 0.3) is 0 Å². The molecule has 0 heterocycles. The molecule has 0 saturated carbocycles. The molecule has 0 spiro atoms. The van der Waals surface area contributed by atoms with Crippen LogP contribution in [0.15, 0.2) is 22.4 Å². The van der Waals surface area contributed by atoms with Crippen LogP contribution in [0, 0.1) is 5.41 Å². The Labute approximate surface area is 121 Å². The molecule has 0 fully saturated rings. The summed E-state index contributed by atoms with van der Waals surface area (Å²) in [6.07, 6.45) is 1.63. The van der Waals surface area contributed by atoms with Crippen molar-refractivity contribution in [2.24, 2.45) is 5.41 Å². The molecule has 3 N–H and O–H groups in total. The zero-order valence-electron chi connectivity index (χ0n) is 13.4. The van der Waals surface area contributed by atoms with E-state index >= 15 is 0 Å². The Bertz CT molecular complexity index is 478. The molecule has 0 aromatic carbocycles. The zero-order valence-corrected chi connectivity index (χ0v) is 13.4. The van der Waals surface area contributed by atoms with Crippen molar-refractivity contribution in [2.75, 3.05) is 7.05 Å². The quantitative estimate of drug-likeness (QED) is 0.678. The van der Waals surface area contributed by atoms with Gasteiger partial charge in [0, 0.05) is 12.7 Å². The van der Waals surface area contributed by atoms with Crippen LogP contribution in [0.1, 0.15) is 53.9 Å². The standard InChI is InChI=1S/C16H27NO3/c1-7-12-13(17-6)15(8-2,14(18)19)10(4)11(5)16(12,20)9-3/h17,20H,7-9H2,1-6H3,(H,18,19). The fraction of sp³-hybridized carbons (Fsp3) is 0.688. The highest BCUT2D eigenvalue weighted by molar-refractivity contribution is 5.84. The minimum atomic E-state index is -1.05. The van der Waals surface area contributed by atoms with Gasteiger partial charge in [-0.1, -0.05) is 20.8 Å². The van der Waals surface area contributed by atoms with Gasteiger partial charge < -0.3 is 15.5 Å². The maximum absolute atomic E-state index is 12.0. The van der Waals surface area contributed by atoms with E-state index in [1.165, 1.54) is 0 Å². The molecule has 0 aromatic rings. The highest BCUT2D eigenvalue weighted by atomic mass is 16.4. The van der Waals surface area contributed by atoms with E-state index in [9.17, 15) is 15.0 Å². The molecule has 114 valence electrons. The number of aliphatic carboxylic acids is 1. The second kappa shape index (κ2) is 5.60. The van der Waals surface area contributed by atoms with Crippen molar-refractivity contribution >= 4 is 5.97 Å². The number of hydrogen-bond donors (Lipinski definition) is 3. The summed E-state index contributed by atoms with van der Waals surface area (Å²) in [6.45, 7) is 9.46. The zero-order chi connectivity index (χ0) is 15.7. The molecule has 0 bridgehead atoms. The van der Waals surface area contributed by atoms with Crippen LogP contribution in [0.5, 0.6) is 0 Å². The van der Waals surface area contributed by atoms with Crippen molar-refractivity contribution in [3.63, 3.8) is 0 Å². The maximum Gasteiger partial charge on any atom is 0.319 e. The molecule has 2 atom stereocenters. The molecule has 0 amide bonds. The first-order valence-corrected chi connectivity index (χ1v) is 7.33. The number of hydrogen-bond acceptors (Lipinski definition) is 3. The topological polar surface area (TPSA) is 69.6 Å². The lowest BCUT2D eigenvalue weighted by atomic mass is 9.62. The molecule has 1 aliphatic carbocycles. The fourth-order valence-electron chi connectivity index (χ4n) is 3.68. The molecule has 0 aromatic heterocycles. The van der Waals surface area contributed by atoms with Gasteiger partial charge in [0.2, 0.25) is 0 Å². The van der Waals surface area contributed by atoms with Crippen molar-refractivity contribution < 1.29 is 15.0 Å². The minimum absolute atomic E-state index is 0.463. The normalized spacial score (nSPS) is 30.8. The van der Waals surface area contributed by atoms with Gasteiger partial charge >= 0.3 is 5.97 Å². The van der Waals surface area contributed by atoms with Crippen LogP contribution < -0.4 is 5.32 Å². The van der Waals surface area contributed by atoms with Gasteiger partial charge in [0.05, 0.1) is 0 Å². The number of carbonyl (C=O) groups is 1. The lowest BCUT2D eigenvalue weighted by molar-refractivity contribution is -0.145. The molecule has 4 heteroatoms. The number of nitrogens with one attached hydrogen (secondary N) is 1. The first-order valence-electron chi connectivity index (χ1n) is 7.33. The van der Waals surface area contributed by atoms with E-state index in [0.717, 1.165) is 16.7 Å². The highest BCUT2D eigenvalue weighted by Crippen LogP contribution is 2.51. The molecule has 0 radical (unpaired) electrons. The average Bonchev–Trinajstić information content (AvgIpc) is 2.44. The number of carboxylic acids is 1. The predicted molar refractivity (Wildman–Crippen MR) is 80.4 cm³/mol. The molecule has 4 nitrogen and oxygen atoms in total. The fourth-order valence-corrected chi connectivity index (χ4v) is 3.68. The predicted octanol–water partition coefficient (Wildman–Crippen LogP) is 2.84. The van der Waals surface area contributed by atoms with Crippen LogP contribution in [0.3, 0.4) is 0 Å². The number of aliphatic hydroxyl groups is 1. The Morgan fingerprint density at radius 1 is 1.15 bits per heavy atom. The van der Waals surface area contributed by atoms with Crippen LogP contribution in [-0.2, 0) is 4.79 Å². The second-order valence-corrected chi connectivity index (χ2v) is 5.48. The molecule has 20 heavy (non-hydrogen) atoms. The third-order valence-electron chi connectivity index (χ3n) is 5.06. The van der Waals surface area contributed by atoms with Gasteiger partial charge in [-0.25, -0.2) is 0 Å². The van der Waals surface area contributed by atoms with Crippen molar-refractivity contribution in [2.45, 2.75) is 59.5 Å². The van der Waals surface area contributed by atoms with E-state index in [1.807, 2.05) is 34.6 Å². The Morgan fingerprint density at radius 3 is 2.00 bits per heavy atom. The molecular weight excluding hydrogens is 254 g/mol. The molecule has 0 aliphatic heterocycles. The van der Waals surface area contributed by atoms with E-state index in [0.29, 0.717) is 25.0 Å². The Kier molecular flexibility index (Phi) is 4.70. The summed E-state index contributed by atoms with van der Waals surface area (Å²) in [5.74, 6) is -0.856.